The van der Waals surface area contributed by atoms with Crippen molar-refractivity contribution in [2.75, 3.05) is 25.6 Å². The van der Waals surface area contributed by atoms with E-state index in [1.807, 2.05) is 49.6 Å². The summed E-state index contributed by atoms with van der Waals surface area (Å²) in [4.78, 5) is 22.0. The first-order valence-corrected chi connectivity index (χ1v) is 16.4. The van der Waals surface area contributed by atoms with Crippen molar-refractivity contribution in [2.45, 2.75) is 65.6 Å². The molecule has 11 nitrogen and oxygen atoms in total. The molecule has 0 aliphatic carbocycles. The highest BCUT2D eigenvalue weighted by atomic mass is 35.5. The predicted molar refractivity (Wildman–Crippen MR) is 168 cm³/mol. The Labute approximate surface area is 256 Å². The smallest absolute Gasteiger partial charge is 0.459 e. The van der Waals surface area contributed by atoms with Gasteiger partial charge in [0.2, 0.25) is 0 Å². The van der Waals surface area contributed by atoms with Gasteiger partial charge in [0.25, 0.3) is 0 Å². The summed E-state index contributed by atoms with van der Waals surface area (Å²) in [5, 5.41) is 4.11. The fourth-order valence-electron chi connectivity index (χ4n) is 4.57. The van der Waals surface area contributed by atoms with E-state index in [9.17, 15) is 9.36 Å². The fraction of sp³-hybridized carbons (Fsp3) is 0.433. The molecule has 0 bridgehead atoms. The molecule has 0 amide bonds. The van der Waals surface area contributed by atoms with Crippen LogP contribution >= 0.6 is 19.3 Å². The number of pyridine rings is 1. The van der Waals surface area contributed by atoms with Gasteiger partial charge >= 0.3 is 13.7 Å². The number of esters is 1. The number of carbonyl (C=O) groups excluding carboxylic acids is 1. The van der Waals surface area contributed by atoms with E-state index in [0.29, 0.717) is 35.2 Å². The topological polar surface area (TPSA) is 140 Å². The lowest BCUT2D eigenvalue weighted by Crippen LogP contribution is -2.35. The third-order valence-electron chi connectivity index (χ3n) is 6.82. The number of carbonyl (C=O) groups is 1. The van der Waals surface area contributed by atoms with E-state index < -0.39 is 19.8 Å². The summed E-state index contributed by atoms with van der Waals surface area (Å²) >= 11 is 6.03. The third-order valence-corrected chi connectivity index (χ3v) is 8.72. The zero-order chi connectivity index (χ0) is 31.0. The van der Waals surface area contributed by atoms with Crippen molar-refractivity contribution in [1.82, 2.24) is 19.6 Å². The van der Waals surface area contributed by atoms with Crippen molar-refractivity contribution in [3.63, 3.8) is 0 Å². The Bertz CT molecular complexity index is 1580. The first kappa shape index (κ1) is 32.7. The number of unbranched alkanes of at least 4 members (excludes halogenated alkanes) is 1. The Morgan fingerprint density at radius 1 is 1.12 bits per heavy atom. The molecule has 0 fully saturated rings. The predicted octanol–water partition coefficient (Wildman–Crippen LogP) is 6.83. The third kappa shape index (κ3) is 8.04. The lowest BCUT2D eigenvalue weighted by molar-refractivity contribution is -0.145. The van der Waals surface area contributed by atoms with Crippen molar-refractivity contribution in [3.05, 3.63) is 59.4 Å². The second-order valence-corrected chi connectivity index (χ2v) is 12.1. The van der Waals surface area contributed by atoms with Gasteiger partial charge in [0, 0.05) is 17.0 Å². The Kier molecular flexibility index (Phi) is 11.4. The Morgan fingerprint density at radius 2 is 1.86 bits per heavy atom. The standard InChI is InChI=1S/C30H39ClN5O6P/c1-5-8-17-40-30(37)20(4)35-43(38,42-23-15-13-21(31)14-16-23)41-18-22(6-2)36-26(19-39-7-3)34-27-28(36)24-11-9-10-12-25(24)33-29(27)32/h9-16,20,22H,5-8,17-19H2,1-4H3,(H2,32,33)(H,35,38)/t20-,22+,43-/m0/s1. The monoisotopic (exact) mass is 631 g/mol. The molecular weight excluding hydrogens is 593 g/mol. The molecule has 3 atom stereocenters. The zero-order valence-electron chi connectivity index (χ0n) is 24.9. The number of nitrogen functional groups attached to an aromatic ring is 1. The van der Waals surface area contributed by atoms with Gasteiger partial charge in [-0.15, -0.1) is 0 Å². The van der Waals surface area contributed by atoms with Crippen LogP contribution < -0.4 is 15.3 Å². The molecule has 43 heavy (non-hydrogen) atoms. The van der Waals surface area contributed by atoms with Crippen LogP contribution in [0.1, 0.15) is 58.8 Å². The van der Waals surface area contributed by atoms with Crippen LogP contribution in [0.25, 0.3) is 21.9 Å². The molecule has 0 saturated heterocycles. The first-order valence-electron chi connectivity index (χ1n) is 14.5. The number of hydrogen-bond acceptors (Lipinski definition) is 9. The second kappa shape index (κ2) is 15.0. The SMILES string of the molecule is CCCCOC(=O)[C@H](C)N[P@](=O)(OC[C@@H](CC)n1c(COCC)nc2c(N)nc3ccccc3c21)Oc1ccc(Cl)cc1. The molecule has 232 valence electrons. The number of nitrogens with zero attached hydrogens (tertiary/aromatic N) is 3. The van der Waals surface area contributed by atoms with Crippen molar-refractivity contribution in [3.8, 4) is 5.75 Å². The van der Waals surface area contributed by atoms with E-state index in [1.165, 1.54) is 0 Å². The van der Waals surface area contributed by atoms with Gasteiger partial charge in [0.1, 0.15) is 29.7 Å². The van der Waals surface area contributed by atoms with Gasteiger partial charge < -0.3 is 24.3 Å². The van der Waals surface area contributed by atoms with Gasteiger partial charge in [-0.25, -0.2) is 14.5 Å². The van der Waals surface area contributed by atoms with Gasteiger partial charge in [-0.2, -0.15) is 5.09 Å². The molecule has 4 rings (SSSR count). The van der Waals surface area contributed by atoms with Gasteiger partial charge in [0.05, 0.1) is 30.3 Å². The molecule has 2 aromatic carbocycles. The molecule has 0 spiro atoms. The first-order chi connectivity index (χ1) is 20.7. The quantitative estimate of drug-likeness (QED) is 0.0768. The molecule has 0 aliphatic rings. The summed E-state index contributed by atoms with van der Waals surface area (Å²) < 4.78 is 39.2. The number of benzene rings is 2. The number of halogens is 1. The molecule has 0 aliphatic heterocycles. The maximum atomic E-state index is 14.2. The number of rotatable bonds is 16. The van der Waals surface area contributed by atoms with Crippen LogP contribution in [0.3, 0.4) is 0 Å². The van der Waals surface area contributed by atoms with E-state index in [2.05, 4.69) is 10.1 Å². The van der Waals surface area contributed by atoms with Crippen molar-refractivity contribution < 1.29 is 27.9 Å². The Hall–Kier alpha value is -3.21. The lowest BCUT2D eigenvalue weighted by atomic mass is 10.1. The minimum absolute atomic E-state index is 0.0485. The summed E-state index contributed by atoms with van der Waals surface area (Å²) in [7, 11) is -4.12. The fourth-order valence-corrected chi connectivity index (χ4v) is 6.23. The van der Waals surface area contributed by atoms with Crippen LogP contribution in [0.2, 0.25) is 5.02 Å². The highest BCUT2D eigenvalue weighted by Gasteiger charge is 2.34. The maximum Gasteiger partial charge on any atom is 0.459 e. The Morgan fingerprint density at radius 3 is 2.56 bits per heavy atom. The zero-order valence-corrected chi connectivity index (χ0v) is 26.6. The van der Waals surface area contributed by atoms with Crippen molar-refractivity contribution in [1.29, 1.82) is 0 Å². The number of anilines is 1. The summed E-state index contributed by atoms with van der Waals surface area (Å²) in [6, 6.07) is 12.7. The number of para-hydroxylation sites is 1. The average Bonchev–Trinajstić information content (AvgIpc) is 3.38. The maximum absolute atomic E-state index is 14.2. The molecule has 2 heterocycles. The van der Waals surface area contributed by atoms with E-state index in [1.54, 1.807) is 31.2 Å². The van der Waals surface area contributed by atoms with Crippen molar-refractivity contribution in [2.24, 2.45) is 0 Å². The van der Waals surface area contributed by atoms with E-state index in [-0.39, 0.29) is 31.6 Å². The molecule has 2 aromatic heterocycles. The number of hydrogen-bond donors (Lipinski definition) is 2. The molecule has 0 radical (unpaired) electrons. The minimum Gasteiger partial charge on any atom is -0.465 e. The van der Waals surface area contributed by atoms with Crippen LogP contribution in [0.4, 0.5) is 5.82 Å². The van der Waals surface area contributed by atoms with Gasteiger partial charge in [0.15, 0.2) is 5.82 Å². The van der Waals surface area contributed by atoms with E-state index in [0.717, 1.165) is 29.3 Å². The molecule has 3 N–H and O–H groups in total. The number of nitrogens with two attached hydrogens (primary N) is 1. The number of fused-ring (bicyclic) bond motifs is 3. The van der Waals surface area contributed by atoms with Gasteiger partial charge in [-0.3, -0.25) is 9.32 Å². The lowest BCUT2D eigenvalue weighted by Gasteiger charge is -2.26. The Balaban J connectivity index is 1.69. The molecule has 13 heteroatoms. The van der Waals surface area contributed by atoms with Crippen LogP contribution in [0, 0.1) is 0 Å². The van der Waals surface area contributed by atoms with Crippen LogP contribution in [0.5, 0.6) is 5.75 Å². The number of imidazole rings is 1. The summed E-state index contributed by atoms with van der Waals surface area (Å²) in [5.41, 5.74) is 8.41. The van der Waals surface area contributed by atoms with Gasteiger partial charge in [-0.1, -0.05) is 50.1 Å². The molecule has 4 aromatic rings. The normalized spacial score (nSPS) is 14.4. The van der Waals surface area contributed by atoms with Crippen LogP contribution in [0.15, 0.2) is 48.5 Å². The van der Waals surface area contributed by atoms with Crippen LogP contribution in [-0.2, 0) is 30.0 Å². The molecular formula is C30H39ClN5O6P. The largest absolute Gasteiger partial charge is 0.465 e. The van der Waals surface area contributed by atoms with E-state index >= 15 is 0 Å². The number of ether oxygens (including phenoxy) is 2. The average molecular weight is 632 g/mol. The highest BCUT2D eigenvalue weighted by Crippen LogP contribution is 2.46. The highest BCUT2D eigenvalue weighted by molar-refractivity contribution is 7.52. The molecule has 0 unspecified atom stereocenters. The minimum atomic E-state index is -4.12. The second-order valence-electron chi connectivity index (χ2n) is 10.0. The summed E-state index contributed by atoms with van der Waals surface area (Å²) in [5.74, 6) is 0.633. The number of nitrogens with one attached hydrogen (secondary N) is 1. The van der Waals surface area contributed by atoms with Crippen LogP contribution in [-0.4, -0.2) is 46.4 Å². The summed E-state index contributed by atoms with van der Waals surface area (Å²) in [6.07, 6.45) is 2.18. The molecule has 0 saturated carbocycles. The van der Waals surface area contributed by atoms with E-state index in [4.69, 9.17) is 40.8 Å². The van der Waals surface area contributed by atoms with Gasteiger partial charge in [-0.05, 0) is 57.0 Å². The summed E-state index contributed by atoms with van der Waals surface area (Å²) in [6.45, 7) is 8.39. The van der Waals surface area contributed by atoms with Crippen molar-refractivity contribution >= 4 is 53.1 Å². The number of aromatic nitrogens is 3.